The molecule has 1 aromatic heterocycles. The van der Waals surface area contributed by atoms with Crippen molar-refractivity contribution in [3.63, 3.8) is 0 Å². The lowest BCUT2D eigenvalue weighted by Crippen LogP contribution is -2.44. The van der Waals surface area contributed by atoms with E-state index < -0.39 is 11.7 Å². The molecule has 5 rings (SSSR count). The third-order valence-electron chi connectivity index (χ3n) is 7.73. The number of alkyl halides is 3. The quantitative estimate of drug-likeness (QED) is 0.430. The van der Waals surface area contributed by atoms with E-state index in [1.165, 1.54) is 17.3 Å². The molecule has 2 aliphatic heterocycles. The number of carbonyl (C=O) groups excluding carboxylic acids is 1. The lowest BCUT2D eigenvalue weighted by atomic mass is 10.1. The number of halogens is 3. The van der Waals surface area contributed by atoms with E-state index in [-0.39, 0.29) is 11.6 Å². The smallest absolute Gasteiger partial charge is 0.384 e. The normalized spacial score (nSPS) is 19.1. The molecule has 3 aliphatic rings. The summed E-state index contributed by atoms with van der Waals surface area (Å²) >= 11 is 0. The van der Waals surface area contributed by atoms with Crippen LogP contribution in [0, 0.1) is 0 Å². The van der Waals surface area contributed by atoms with Crippen LogP contribution in [0.3, 0.4) is 0 Å². The molecular weight excluding hydrogens is 493 g/mol. The summed E-state index contributed by atoms with van der Waals surface area (Å²) in [5.41, 5.74) is 2.50. The van der Waals surface area contributed by atoms with E-state index in [1.54, 1.807) is 4.90 Å². The lowest BCUT2D eigenvalue weighted by Gasteiger charge is -2.34. The van der Waals surface area contributed by atoms with Gasteiger partial charge in [-0.1, -0.05) is 0 Å². The number of carbonyl (C=O) groups is 1. The van der Waals surface area contributed by atoms with Gasteiger partial charge in [0.2, 0.25) is 5.91 Å². The maximum absolute atomic E-state index is 13.7. The molecule has 1 amide bonds. The Labute approximate surface area is 222 Å². The van der Waals surface area contributed by atoms with Crippen molar-refractivity contribution < 1.29 is 18.0 Å². The second kappa shape index (κ2) is 11.4. The number of amides is 1. The van der Waals surface area contributed by atoms with E-state index in [1.807, 2.05) is 6.07 Å². The maximum Gasteiger partial charge on any atom is 0.419 e. The number of piperidine rings is 1. The highest BCUT2D eigenvalue weighted by Crippen LogP contribution is 2.45. The van der Waals surface area contributed by atoms with E-state index in [2.05, 4.69) is 44.6 Å². The zero-order valence-electron chi connectivity index (χ0n) is 22.0. The van der Waals surface area contributed by atoms with E-state index in [0.717, 1.165) is 70.3 Å². The number of anilines is 4. The minimum atomic E-state index is -4.51. The molecule has 3 heterocycles. The zero-order chi connectivity index (χ0) is 26.7. The summed E-state index contributed by atoms with van der Waals surface area (Å²) < 4.78 is 41.2. The van der Waals surface area contributed by atoms with Crippen LogP contribution in [0.2, 0.25) is 0 Å². The minimum absolute atomic E-state index is 0.00185. The number of rotatable bonds is 9. The van der Waals surface area contributed by atoms with Crippen LogP contribution in [0.5, 0.6) is 0 Å². The molecule has 10 heteroatoms. The predicted octanol–water partition coefficient (Wildman–Crippen LogP) is 5.29. The Bertz CT molecular complexity index is 1130. The summed E-state index contributed by atoms with van der Waals surface area (Å²) in [5, 5.41) is 6.26. The van der Waals surface area contributed by atoms with Crippen molar-refractivity contribution in [3.8, 4) is 0 Å². The number of aromatic nitrogens is 1. The second-order valence-corrected chi connectivity index (χ2v) is 10.7. The van der Waals surface area contributed by atoms with Crippen molar-refractivity contribution in [2.45, 2.75) is 50.6 Å². The number of likely N-dealkylation sites (N-methyl/N-ethyl adjacent to an activating group) is 1. The van der Waals surface area contributed by atoms with E-state index in [0.29, 0.717) is 37.7 Å². The summed E-state index contributed by atoms with van der Waals surface area (Å²) in [6, 6.07) is 7.80. The van der Waals surface area contributed by atoms with Gasteiger partial charge in [0.05, 0.1) is 11.3 Å². The number of piperazine rings is 1. The molecule has 2 N–H and O–H groups in total. The number of hydrogen-bond acceptors (Lipinski definition) is 6. The number of nitrogens with one attached hydrogen (secondary N) is 2. The summed E-state index contributed by atoms with van der Waals surface area (Å²) in [7, 11) is 2.13. The molecule has 0 bridgehead atoms. The molecule has 0 unspecified atom stereocenters. The SMILES string of the molecule is CN1CCN(c2ccc(Nc3cc(NCCCN4CCCCC4=O)c(C(F)(F)F)cn3)c(C3CC3)c2)CC1. The Balaban J connectivity index is 1.29. The van der Waals surface area contributed by atoms with Gasteiger partial charge in [-0.15, -0.1) is 0 Å². The molecule has 2 saturated heterocycles. The Morgan fingerprint density at radius 2 is 1.82 bits per heavy atom. The van der Waals surface area contributed by atoms with Gasteiger partial charge in [-0.05, 0) is 68.8 Å². The monoisotopic (exact) mass is 530 g/mol. The first-order chi connectivity index (χ1) is 18.3. The van der Waals surface area contributed by atoms with Crippen molar-refractivity contribution in [1.29, 1.82) is 0 Å². The number of likely N-dealkylation sites (tertiary alicyclic amines) is 1. The Hall–Kier alpha value is -3.01. The summed E-state index contributed by atoms with van der Waals surface area (Å²) in [5.74, 6) is 0.975. The fourth-order valence-corrected chi connectivity index (χ4v) is 5.28. The first-order valence-electron chi connectivity index (χ1n) is 13.7. The summed E-state index contributed by atoms with van der Waals surface area (Å²) in [4.78, 5) is 22.6. The van der Waals surface area contributed by atoms with E-state index in [9.17, 15) is 18.0 Å². The average molecular weight is 531 g/mol. The van der Waals surface area contributed by atoms with Gasteiger partial charge >= 0.3 is 6.18 Å². The molecule has 2 aromatic rings. The van der Waals surface area contributed by atoms with Crippen LogP contribution in [0.25, 0.3) is 0 Å². The van der Waals surface area contributed by atoms with Crippen molar-refractivity contribution in [2.24, 2.45) is 0 Å². The van der Waals surface area contributed by atoms with Crippen molar-refractivity contribution >= 4 is 28.8 Å². The summed E-state index contributed by atoms with van der Waals surface area (Å²) in [6.07, 6.45) is 1.65. The number of nitrogens with zero attached hydrogens (tertiary/aromatic N) is 4. The zero-order valence-corrected chi connectivity index (χ0v) is 22.0. The standard InChI is InChI=1S/C28H37F3N6O/c1-35-13-15-36(16-14-35)21-8-9-24(22(17-21)20-6-7-20)34-26-18-25(23(19-33-26)28(29,30)31)32-10-4-12-37-11-3-2-5-27(37)38/h8-9,17-20H,2-7,10-16H2,1H3,(H2,32,33,34). The van der Waals surface area contributed by atoms with Crippen molar-refractivity contribution in [1.82, 2.24) is 14.8 Å². The third kappa shape index (κ3) is 6.51. The number of hydrogen-bond donors (Lipinski definition) is 2. The van der Waals surface area contributed by atoms with E-state index >= 15 is 0 Å². The Morgan fingerprint density at radius 3 is 2.53 bits per heavy atom. The van der Waals surface area contributed by atoms with Crippen LogP contribution in [-0.2, 0) is 11.0 Å². The van der Waals surface area contributed by atoms with Gasteiger partial charge in [-0.2, -0.15) is 13.2 Å². The third-order valence-corrected chi connectivity index (χ3v) is 7.73. The number of benzene rings is 1. The predicted molar refractivity (Wildman–Crippen MR) is 144 cm³/mol. The van der Waals surface area contributed by atoms with E-state index in [4.69, 9.17) is 0 Å². The minimum Gasteiger partial charge on any atom is -0.384 e. The van der Waals surface area contributed by atoms with Crippen LogP contribution in [0.1, 0.15) is 55.6 Å². The highest BCUT2D eigenvalue weighted by atomic mass is 19.4. The van der Waals surface area contributed by atoms with Gasteiger partial charge in [0, 0.05) is 75.9 Å². The molecular formula is C28H37F3N6O. The molecule has 0 atom stereocenters. The van der Waals surface area contributed by atoms with Gasteiger partial charge in [0.25, 0.3) is 0 Å². The molecule has 0 radical (unpaired) electrons. The average Bonchev–Trinajstić information content (AvgIpc) is 3.73. The van der Waals surface area contributed by atoms with Gasteiger partial charge in [-0.25, -0.2) is 4.98 Å². The first kappa shape index (κ1) is 26.6. The highest BCUT2D eigenvalue weighted by Gasteiger charge is 2.34. The topological polar surface area (TPSA) is 63.7 Å². The van der Waals surface area contributed by atoms with Gasteiger partial charge in [0.15, 0.2) is 0 Å². The Kier molecular flexibility index (Phi) is 7.97. The van der Waals surface area contributed by atoms with Crippen LogP contribution in [0.15, 0.2) is 30.5 Å². The molecule has 7 nitrogen and oxygen atoms in total. The maximum atomic E-state index is 13.7. The lowest BCUT2D eigenvalue weighted by molar-refractivity contribution is -0.137. The fourth-order valence-electron chi connectivity index (χ4n) is 5.28. The molecule has 1 saturated carbocycles. The highest BCUT2D eigenvalue weighted by molar-refractivity contribution is 5.76. The molecule has 206 valence electrons. The van der Waals surface area contributed by atoms with Crippen LogP contribution in [-0.4, -0.2) is 73.6 Å². The fraction of sp³-hybridized carbons (Fsp3) is 0.571. The van der Waals surface area contributed by atoms with Crippen molar-refractivity contribution in [2.75, 3.05) is 68.4 Å². The largest absolute Gasteiger partial charge is 0.419 e. The van der Waals surface area contributed by atoms with Crippen LogP contribution >= 0.6 is 0 Å². The molecule has 1 aromatic carbocycles. The molecule has 0 spiro atoms. The van der Waals surface area contributed by atoms with Crippen LogP contribution < -0.4 is 15.5 Å². The van der Waals surface area contributed by atoms with Crippen molar-refractivity contribution in [3.05, 3.63) is 41.6 Å². The van der Waals surface area contributed by atoms with Gasteiger partial charge in [-0.3, -0.25) is 4.79 Å². The summed E-state index contributed by atoms with van der Waals surface area (Å²) in [6.45, 7) is 5.63. The Morgan fingerprint density at radius 1 is 1.03 bits per heavy atom. The molecule has 38 heavy (non-hydrogen) atoms. The molecule has 1 aliphatic carbocycles. The second-order valence-electron chi connectivity index (χ2n) is 10.7. The first-order valence-corrected chi connectivity index (χ1v) is 13.7. The van der Waals surface area contributed by atoms with Gasteiger partial charge < -0.3 is 25.3 Å². The molecule has 3 fully saturated rings. The number of pyridine rings is 1. The van der Waals surface area contributed by atoms with Crippen LogP contribution in [0.4, 0.5) is 36.1 Å². The van der Waals surface area contributed by atoms with Gasteiger partial charge in [0.1, 0.15) is 5.82 Å².